The summed E-state index contributed by atoms with van der Waals surface area (Å²) in [7, 11) is 1.61. The smallest absolute Gasteiger partial charge is 0.226 e. The van der Waals surface area contributed by atoms with Crippen LogP contribution in [0.1, 0.15) is 5.56 Å². The number of ether oxygens (including phenoxy) is 2. The number of fused-ring (bicyclic) bond motifs is 1. The summed E-state index contributed by atoms with van der Waals surface area (Å²) >= 11 is 0. The number of aromatic nitrogens is 3. The van der Waals surface area contributed by atoms with Crippen molar-refractivity contribution in [1.29, 1.82) is 0 Å². The van der Waals surface area contributed by atoms with E-state index in [1.165, 1.54) is 0 Å². The third kappa shape index (κ3) is 3.28. The number of nitrogens with zero attached hydrogens (tertiary/aromatic N) is 3. The summed E-state index contributed by atoms with van der Waals surface area (Å²) in [5.41, 5.74) is 2.39. The number of furan rings is 1. The molecule has 4 heterocycles. The molecular weight excluding hydrogens is 318 g/mol. The SMILES string of the molecule is COc1cncc(COc2cnc3oc(-c4cccnc4)cc3c2)c1. The van der Waals surface area contributed by atoms with Crippen LogP contribution in [0.3, 0.4) is 0 Å². The first-order valence-corrected chi connectivity index (χ1v) is 7.72. The molecule has 25 heavy (non-hydrogen) atoms. The fourth-order valence-electron chi connectivity index (χ4n) is 2.46. The standard InChI is InChI=1S/C19H15N3O3/c1-23-16-5-13(8-21-10-16)12-24-17-6-15-7-18(25-19(15)22-11-17)14-3-2-4-20-9-14/h2-11H,12H2,1H3. The van der Waals surface area contributed by atoms with Crippen molar-refractivity contribution in [3.05, 3.63) is 66.9 Å². The maximum Gasteiger partial charge on any atom is 0.226 e. The van der Waals surface area contributed by atoms with Gasteiger partial charge < -0.3 is 13.9 Å². The molecule has 0 aliphatic carbocycles. The van der Waals surface area contributed by atoms with Gasteiger partial charge in [-0.15, -0.1) is 0 Å². The highest BCUT2D eigenvalue weighted by Gasteiger charge is 2.09. The van der Waals surface area contributed by atoms with Crippen molar-refractivity contribution < 1.29 is 13.9 Å². The van der Waals surface area contributed by atoms with E-state index in [4.69, 9.17) is 13.9 Å². The van der Waals surface area contributed by atoms with Crippen LogP contribution in [0.5, 0.6) is 11.5 Å². The predicted molar refractivity (Wildman–Crippen MR) is 92.4 cm³/mol. The molecule has 0 aliphatic rings. The largest absolute Gasteiger partial charge is 0.495 e. The lowest BCUT2D eigenvalue weighted by Crippen LogP contribution is -1.97. The fourth-order valence-corrected chi connectivity index (χ4v) is 2.46. The van der Waals surface area contributed by atoms with Crippen LogP contribution in [-0.4, -0.2) is 22.1 Å². The van der Waals surface area contributed by atoms with Gasteiger partial charge in [0.15, 0.2) is 0 Å². The fraction of sp³-hybridized carbons (Fsp3) is 0.105. The molecule has 4 rings (SSSR count). The highest BCUT2D eigenvalue weighted by Crippen LogP contribution is 2.28. The normalized spacial score (nSPS) is 10.8. The molecule has 6 nitrogen and oxygen atoms in total. The van der Waals surface area contributed by atoms with Crippen LogP contribution in [-0.2, 0) is 6.61 Å². The minimum absolute atomic E-state index is 0.380. The minimum atomic E-state index is 0.380. The van der Waals surface area contributed by atoms with Gasteiger partial charge in [0.2, 0.25) is 5.71 Å². The van der Waals surface area contributed by atoms with Gasteiger partial charge in [0, 0.05) is 35.1 Å². The van der Waals surface area contributed by atoms with E-state index in [-0.39, 0.29) is 0 Å². The van der Waals surface area contributed by atoms with Crippen LogP contribution in [0.4, 0.5) is 0 Å². The predicted octanol–water partition coefficient (Wildman–Crippen LogP) is 3.87. The quantitative estimate of drug-likeness (QED) is 0.552. The Kier molecular flexibility index (Phi) is 4.00. The average molecular weight is 333 g/mol. The zero-order valence-electron chi connectivity index (χ0n) is 13.5. The van der Waals surface area contributed by atoms with Crippen molar-refractivity contribution in [3.63, 3.8) is 0 Å². The molecule has 0 amide bonds. The van der Waals surface area contributed by atoms with Gasteiger partial charge in [-0.2, -0.15) is 0 Å². The lowest BCUT2D eigenvalue weighted by molar-refractivity contribution is 0.303. The molecule has 0 unspecified atom stereocenters. The van der Waals surface area contributed by atoms with Crippen molar-refractivity contribution in [3.8, 4) is 22.8 Å². The lowest BCUT2D eigenvalue weighted by Gasteiger charge is -2.06. The maximum absolute atomic E-state index is 5.80. The average Bonchev–Trinajstić information content (AvgIpc) is 3.10. The summed E-state index contributed by atoms with van der Waals surface area (Å²) in [6.07, 6.45) is 8.52. The second kappa shape index (κ2) is 6.60. The van der Waals surface area contributed by atoms with Crippen LogP contribution >= 0.6 is 0 Å². The van der Waals surface area contributed by atoms with Crippen molar-refractivity contribution in [2.45, 2.75) is 6.61 Å². The molecule has 0 fully saturated rings. The van der Waals surface area contributed by atoms with Crippen LogP contribution in [0, 0.1) is 0 Å². The molecule has 0 spiro atoms. The van der Waals surface area contributed by atoms with Gasteiger partial charge in [0.05, 0.1) is 19.5 Å². The van der Waals surface area contributed by atoms with Crippen LogP contribution in [0.15, 0.2) is 65.7 Å². The highest BCUT2D eigenvalue weighted by atomic mass is 16.5. The Labute approximate surface area is 144 Å². The molecule has 0 aliphatic heterocycles. The van der Waals surface area contributed by atoms with Gasteiger partial charge in [-0.3, -0.25) is 9.97 Å². The molecule has 0 radical (unpaired) electrons. The lowest BCUT2D eigenvalue weighted by atomic mass is 10.2. The molecule has 0 aromatic carbocycles. The first-order valence-electron chi connectivity index (χ1n) is 7.72. The molecule has 0 saturated carbocycles. The summed E-state index contributed by atoms with van der Waals surface area (Å²) < 4.78 is 16.7. The van der Waals surface area contributed by atoms with Crippen molar-refractivity contribution in [2.24, 2.45) is 0 Å². The zero-order valence-corrected chi connectivity index (χ0v) is 13.5. The summed E-state index contributed by atoms with van der Waals surface area (Å²) in [4.78, 5) is 12.5. The Bertz CT molecular complexity index is 999. The van der Waals surface area contributed by atoms with Gasteiger partial charge in [0.1, 0.15) is 23.9 Å². The Balaban J connectivity index is 1.54. The molecule has 0 saturated heterocycles. The summed E-state index contributed by atoms with van der Waals surface area (Å²) in [6, 6.07) is 9.53. The van der Waals surface area contributed by atoms with E-state index in [1.54, 1.807) is 38.1 Å². The second-order valence-corrected chi connectivity index (χ2v) is 5.44. The van der Waals surface area contributed by atoms with E-state index in [1.807, 2.05) is 30.3 Å². The number of pyridine rings is 3. The topological polar surface area (TPSA) is 70.3 Å². The van der Waals surface area contributed by atoms with Gasteiger partial charge in [-0.05, 0) is 30.3 Å². The van der Waals surface area contributed by atoms with Crippen LogP contribution < -0.4 is 9.47 Å². The van der Waals surface area contributed by atoms with E-state index < -0.39 is 0 Å². The molecule has 4 aromatic heterocycles. The molecule has 4 aromatic rings. The summed E-state index contributed by atoms with van der Waals surface area (Å²) in [5, 5.41) is 0.875. The third-order valence-corrected chi connectivity index (χ3v) is 3.70. The van der Waals surface area contributed by atoms with Crippen molar-refractivity contribution in [1.82, 2.24) is 15.0 Å². The molecule has 0 N–H and O–H groups in total. The maximum atomic E-state index is 5.80. The Morgan fingerprint density at radius 3 is 2.80 bits per heavy atom. The Morgan fingerprint density at radius 2 is 1.96 bits per heavy atom. The summed E-state index contributed by atoms with van der Waals surface area (Å²) in [5.74, 6) is 2.09. The van der Waals surface area contributed by atoms with Crippen LogP contribution in [0.25, 0.3) is 22.4 Å². The minimum Gasteiger partial charge on any atom is -0.495 e. The first kappa shape index (κ1) is 15.1. The van der Waals surface area contributed by atoms with Gasteiger partial charge in [-0.1, -0.05) is 0 Å². The van der Waals surface area contributed by atoms with E-state index in [2.05, 4.69) is 15.0 Å². The first-order chi connectivity index (χ1) is 12.3. The number of hydrogen-bond acceptors (Lipinski definition) is 6. The zero-order chi connectivity index (χ0) is 17.1. The van der Waals surface area contributed by atoms with E-state index in [9.17, 15) is 0 Å². The molecule has 124 valence electrons. The van der Waals surface area contributed by atoms with Crippen molar-refractivity contribution >= 4 is 11.1 Å². The van der Waals surface area contributed by atoms with Gasteiger partial charge in [-0.25, -0.2) is 4.98 Å². The Morgan fingerprint density at radius 1 is 1.00 bits per heavy atom. The van der Waals surface area contributed by atoms with Gasteiger partial charge in [0.25, 0.3) is 0 Å². The van der Waals surface area contributed by atoms with Crippen LogP contribution in [0.2, 0.25) is 0 Å². The monoisotopic (exact) mass is 333 g/mol. The third-order valence-electron chi connectivity index (χ3n) is 3.70. The van der Waals surface area contributed by atoms with Gasteiger partial charge >= 0.3 is 0 Å². The number of hydrogen-bond donors (Lipinski definition) is 0. The molecule has 0 atom stereocenters. The van der Waals surface area contributed by atoms with E-state index >= 15 is 0 Å². The number of rotatable bonds is 5. The van der Waals surface area contributed by atoms with E-state index in [0.29, 0.717) is 23.8 Å². The van der Waals surface area contributed by atoms with E-state index in [0.717, 1.165) is 22.3 Å². The highest BCUT2D eigenvalue weighted by molar-refractivity contribution is 5.80. The molecular formula is C19H15N3O3. The Hall–Kier alpha value is -3.41. The van der Waals surface area contributed by atoms with Crippen molar-refractivity contribution in [2.75, 3.05) is 7.11 Å². The molecule has 6 heteroatoms. The summed E-state index contributed by atoms with van der Waals surface area (Å²) in [6.45, 7) is 0.380. The number of methoxy groups -OCH3 is 1. The molecule has 0 bridgehead atoms. The second-order valence-electron chi connectivity index (χ2n) is 5.44.